The Balaban J connectivity index is 1.82. The van der Waals surface area contributed by atoms with Crippen molar-refractivity contribution in [3.63, 3.8) is 0 Å². The van der Waals surface area contributed by atoms with E-state index >= 15 is 0 Å². The van der Waals surface area contributed by atoms with Crippen LogP contribution in [-0.4, -0.2) is 43.9 Å². The Morgan fingerprint density at radius 1 is 0.933 bits per heavy atom. The molecule has 30 heavy (non-hydrogen) atoms. The number of carbonyl (C=O) groups excluding carboxylic acids is 1. The van der Waals surface area contributed by atoms with Crippen LogP contribution in [0.2, 0.25) is 0 Å². The molecule has 1 aromatic heterocycles. The Morgan fingerprint density at radius 3 is 2.23 bits per heavy atom. The number of fused-ring (bicyclic) bond motifs is 1. The molecule has 0 spiro atoms. The third-order valence-corrected chi connectivity index (χ3v) is 5.24. The minimum absolute atomic E-state index is 0.0976. The van der Waals surface area contributed by atoms with Crippen LogP contribution in [-0.2, 0) is 4.79 Å². The maximum Gasteiger partial charge on any atom is 0.226 e. The number of amides is 1. The van der Waals surface area contributed by atoms with Crippen LogP contribution in [0.1, 0.15) is 23.6 Å². The molecule has 2 aromatic carbocycles. The average molecular weight is 409 g/mol. The first-order valence-electron chi connectivity index (χ1n) is 9.41. The molecule has 0 saturated heterocycles. The first kappa shape index (κ1) is 19.6. The number of aromatic nitrogens is 2. The third kappa shape index (κ3) is 3.30. The molecule has 1 aliphatic heterocycles. The molecule has 8 nitrogen and oxygen atoms in total. The summed E-state index contributed by atoms with van der Waals surface area (Å²) in [6.45, 7) is 0. The monoisotopic (exact) mass is 409 g/mol. The number of ether oxygens (including phenoxy) is 4. The van der Waals surface area contributed by atoms with Crippen LogP contribution in [0.4, 0.5) is 5.82 Å². The van der Waals surface area contributed by atoms with Gasteiger partial charge in [-0.2, -0.15) is 0 Å². The number of anilines is 1. The molecule has 8 heteroatoms. The van der Waals surface area contributed by atoms with Gasteiger partial charge in [-0.05, 0) is 30.3 Å². The summed E-state index contributed by atoms with van der Waals surface area (Å²) in [5.74, 6) is 2.74. The van der Waals surface area contributed by atoms with Gasteiger partial charge in [-0.3, -0.25) is 9.36 Å². The molecule has 0 fully saturated rings. The molecule has 1 amide bonds. The van der Waals surface area contributed by atoms with Gasteiger partial charge in [-0.1, -0.05) is 0 Å². The molecule has 1 atom stereocenters. The zero-order chi connectivity index (χ0) is 21.3. The summed E-state index contributed by atoms with van der Waals surface area (Å²) < 4.78 is 23.5. The van der Waals surface area contributed by atoms with Gasteiger partial charge in [-0.15, -0.1) is 0 Å². The normalized spacial score (nSPS) is 15.2. The van der Waals surface area contributed by atoms with Crippen LogP contribution in [0, 0.1) is 0 Å². The topological polar surface area (TPSA) is 83.8 Å². The highest BCUT2D eigenvalue weighted by molar-refractivity contribution is 5.94. The van der Waals surface area contributed by atoms with E-state index in [4.69, 9.17) is 18.9 Å². The minimum atomic E-state index is -0.289. The molecular formula is C22H23N3O5. The average Bonchev–Trinajstić information content (AvgIpc) is 3.21. The van der Waals surface area contributed by atoms with E-state index in [9.17, 15) is 4.79 Å². The van der Waals surface area contributed by atoms with Gasteiger partial charge in [0, 0.05) is 29.7 Å². The van der Waals surface area contributed by atoms with E-state index in [0.29, 0.717) is 23.1 Å². The molecule has 1 unspecified atom stereocenters. The standard InChI is InChI=1S/C22H23N3O5/c1-27-14-7-5-13(6-8-14)25-12-23-21-16(10-20(26)24-22(21)25)15-9-18(29-3)19(30-4)11-17(15)28-2/h5-9,11-12,16H,10H2,1-4H3,(H,24,26). The van der Waals surface area contributed by atoms with Crippen molar-refractivity contribution in [1.29, 1.82) is 0 Å². The number of hydrogen-bond acceptors (Lipinski definition) is 6. The first-order chi connectivity index (χ1) is 14.6. The van der Waals surface area contributed by atoms with Gasteiger partial charge in [0.15, 0.2) is 11.5 Å². The van der Waals surface area contributed by atoms with Crippen molar-refractivity contribution in [2.24, 2.45) is 0 Å². The van der Waals surface area contributed by atoms with E-state index in [0.717, 1.165) is 22.7 Å². The molecule has 0 saturated carbocycles. The summed E-state index contributed by atoms with van der Waals surface area (Å²) in [4.78, 5) is 17.2. The van der Waals surface area contributed by atoms with E-state index in [1.54, 1.807) is 40.8 Å². The maximum atomic E-state index is 12.6. The van der Waals surface area contributed by atoms with Gasteiger partial charge in [-0.25, -0.2) is 4.98 Å². The van der Waals surface area contributed by atoms with Gasteiger partial charge in [0.1, 0.15) is 23.6 Å². The molecule has 0 bridgehead atoms. The van der Waals surface area contributed by atoms with Crippen LogP contribution in [0.25, 0.3) is 5.69 Å². The highest BCUT2D eigenvalue weighted by atomic mass is 16.5. The van der Waals surface area contributed by atoms with Crippen LogP contribution < -0.4 is 24.3 Å². The second-order valence-corrected chi connectivity index (χ2v) is 6.80. The number of methoxy groups -OCH3 is 4. The number of nitrogens with one attached hydrogen (secondary N) is 1. The van der Waals surface area contributed by atoms with E-state index in [-0.39, 0.29) is 18.2 Å². The van der Waals surface area contributed by atoms with Gasteiger partial charge < -0.3 is 24.3 Å². The molecule has 1 N–H and O–H groups in total. The smallest absolute Gasteiger partial charge is 0.226 e. The van der Waals surface area contributed by atoms with E-state index in [2.05, 4.69) is 10.3 Å². The van der Waals surface area contributed by atoms with Crippen molar-refractivity contribution in [2.45, 2.75) is 12.3 Å². The van der Waals surface area contributed by atoms with Gasteiger partial charge in [0.2, 0.25) is 5.91 Å². The predicted octanol–water partition coefficient (Wildman–Crippen LogP) is 3.38. The highest BCUT2D eigenvalue weighted by Gasteiger charge is 2.33. The van der Waals surface area contributed by atoms with Crippen molar-refractivity contribution in [2.75, 3.05) is 33.8 Å². The zero-order valence-corrected chi connectivity index (χ0v) is 17.3. The summed E-state index contributed by atoms with van der Waals surface area (Å²) in [5.41, 5.74) is 2.44. The predicted molar refractivity (Wildman–Crippen MR) is 111 cm³/mol. The Hall–Kier alpha value is -3.68. The molecule has 156 valence electrons. The van der Waals surface area contributed by atoms with Gasteiger partial charge >= 0.3 is 0 Å². The van der Waals surface area contributed by atoms with E-state index in [1.807, 2.05) is 34.9 Å². The molecule has 2 heterocycles. The number of nitrogens with zero attached hydrogens (tertiary/aromatic N) is 2. The fraction of sp³-hybridized carbons (Fsp3) is 0.273. The van der Waals surface area contributed by atoms with Crippen LogP contribution >= 0.6 is 0 Å². The third-order valence-electron chi connectivity index (χ3n) is 5.24. The lowest BCUT2D eigenvalue weighted by atomic mass is 9.88. The highest BCUT2D eigenvalue weighted by Crippen LogP contribution is 2.44. The molecule has 4 rings (SSSR count). The van der Waals surface area contributed by atoms with Crippen molar-refractivity contribution < 1.29 is 23.7 Å². The quantitative estimate of drug-likeness (QED) is 0.672. The minimum Gasteiger partial charge on any atom is -0.497 e. The summed E-state index contributed by atoms with van der Waals surface area (Å²) in [6.07, 6.45) is 1.96. The number of benzene rings is 2. The van der Waals surface area contributed by atoms with E-state index in [1.165, 1.54) is 0 Å². The number of carbonyl (C=O) groups is 1. The number of imidazole rings is 1. The fourth-order valence-electron chi connectivity index (χ4n) is 3.73. The zero-order valence-electron chi connectivity index (χ0n) is 17.3. The Bertz CT molecular complexity index is 1080. The molecule has 0 radical (unpaired) electrons. The lowest BCUT2D eigenvalue weighted by Gasteiger charge is -2.25. The Morgan fingerprint density at radius 2 is 1.60 bits per heavy atom. The summed E-state index contributed by atoms with van der Waals surface area (Å²) >= 11 is 0. The van der Waals surface area contributed by atoms with Crippen molar-refractivity contribution in [3.05, 3.63) is 54.0 Å². The number of hydrogen-bond donors (Lipinski definition) is 1. The van der Waals surface area contributed by atoms with Crippen molar-refractivity contribution in [3.8, 4) is 28.7 Å². The lowest BCUT2D eigenvalue weighted by Crippen LogP contribution is -2.25. The second-order valence-electron chi connectivity index (χ2n) is 6.80. The molecule has 0 aliphatic carbocycles. The summed E-state index contributed by atoms with van der Waals surface area (Å²) in [7, 11) is 6.35. The summed E-state index contributed by atoms with van der Waals surface area (Å²) in [5, 5.41) is 2.96. The first-order valence-corrected chi connectivity index (χ1v) is 9.41. The van der Waals surface area contributed by atoms with Crippen LogP contribution in [0.15, 0.2) is 42.7 Å². The SMILES string of the molecule is COc1ccc(-n2cnc3c2NC(=O)CC3c2cc(OC)c(OC)cc2OC)cc1. The second kappa shape index (κ2) is 7.98. The largest absolute Gasteiger partial charge is 0.497 e. The molecule has 1 aliphatic rings. The number of rotatable bonds is 6. The Kier molecular flexibility index (Phi) is 5.22. The Labute approximate surface area is 174 Å². The molecular weight excluding hydrogens is 386 g/mol. The molecule has 3 aromatic rings. The van der Waals surface area contributed by atoms with Crippen molar-refractivity contribution in [1.82, 2.24) is 9.55 Å². The van der Waals surface area contributed by atoms with Crippen molar-refractivity contribution >= 4 is 11.7 Å². The maximum absolute atomic E-state index is 12.6. The summed E-state index contributed by atoms with van der Waals surface area (Å²) in [6, 6.07) is 11.2. The van der Waals surface area contributed by atoms with Gasteiger partial charge in [0.25, 0.3) is 0 Å². The van der Waals surface area contributed by atoms with Gasteiger partial charge in [0.05, 0.1) is 34.1 Å². The van der Waals surface area contributed by atoms with Crippen LogP contribution in [0.5, 0.6) is 23.0 Å². The van der Waals surface area contributed by atoms with Crippen LogP contribution in [0.3, 0.4) is 0 Å². The lowest BCUT2D eigenvalue weighted by molar-refractivity contribution is -0.116. The van der Waals surface area contributed by atoms with E-state index < -0.39 is 0 Å². The fourth-order valence-corrected chi connectivity index (χ4v) is 3.73.